The highest BCUT2D eigenvalue weighted by Crippen LogP contribution is 2.30. The van der Waals surface area contributed by atoms with Gasteiger partial charge in [-0.15, -0.1) is 0 Å². The lowest BCUT2D eigenvalue weighted by Gasteiger charge is -2.17. The number of methoxy groups -OCH3 is 2. The summed E-state index contributed by atoms with van der Waals surface area (Å²) < 4.78 is 10.6. The fourth-order valence-electron chi connectivity index (χ4n) is 2.83. The first kappa shape index (κ1) is 21.5. The number of nitrogens with zero attached hydrogens (tertiary/aromatic N) is 1. The van der Waals surface area contributed by atoms with Crippen molar-refractivity contribution in [3.8, 4) is 11.5 Å². The summed E-state index contributed by atoms with van der Waals surface area (Å²) in [7, 11) is 5.01. The molecule has 1 amide bonds. The first-order chi connectivity index (χ1) is 13.2. The number of carbonyl (C=O) groups is 1. The number of halogens is 1. The number of hydrogen-bond acceptors (Lipinski definition) is 5. The summed E-state index contributed by atoms with van der Waals surface area (Å²) in [6.07, 6.45) is 0. The highest BCUT2D eigenvalue weighted by Gasteiger charge is 2.19. The molecule has 0 aromatic heterocycles. The Morgan fingerprint density at radius 2 is 1.86 bits per heavy atom. The SMILES string of the molecule is COc1cc(C)c(C[NH+](C)CC(=O)Nc2ccc(Cl)cc2[N+](=O)[O-])cc1OC. The number of ether oxygens (including phenoxy) is 2. The topological polar surface area (TPSA) is 95.1 Å². The summed E-state index contributed by atoms with van der Waals surface area (Å²) >= 11 is 5.79. The number of anilines is 1. The minimum absolute atomic E-state index is 0.120. The van der Waals surface area contributed by atoms with Crippen molar-refractivity contribution in [2.24, 2.45) is 0 Å². The maximum atomic E-state index is 12.3. The van der Waals surface area contributed by atoms with Crippen LogP contribution in [-0.2, 0) is 11.3 Å². The molecule has 2 aromatic rings. The first-order valence-corrected chi connectivity index (χ1v) is 8.89. The van der Waals surface area contributed by atoms with Gasteiger partial charge in [0.05, 0.1) is 26.2 Å². The third kappa shape index (κ3) is 5.34. The molecule has 0 bridgehead atoms. The van der Waals surface area contributed by atoms with Crippen LogP contribution in [0.1, 0.15) is 11.1 Å². The Hall–Kier alpha value is -2.84. The molecular weight excluding hydrogens is 386 g/mol. The van der Waals surface area contributed by atoms with Gasteiger partial charge in [-0.2, -0.15) is 0 Å². The lowest BCUT2D eigenvalue weighted by atomic mass is 10.1. The van der Waals surface area contributed by atoms with Crippen molar-refractivity contribution < 1.29 is 24.1 Å². The van der Waals surface area contributed by atoms with Crippen molar-refractivity contribution in [1.29, 1.82) is 0 Å². The van der Waals surface area contributed by atoms with Gasteiger partial charge < -0.3 is 19.7 Å². The Labute approximate surface area is 168 Å². The summed E-state index contributed by atoms with van der Waals surface area (Å²) in [5.74, 6) is 0.937. The molecule has 0 fully saturated rings. The minimum Gasteiger partial charge on any atom is -0.493 e. The first-order valence-electron chi connectivity index (χ1n) is 8.51. The second-order valence-electron chi connectivity index (χ2n) is 6.41. The van der Waals surface area contributed by atoms with Crippen LogP contribution in [0, 0.1) is 17.0 Å². The molecule has 0 saturated carbocycles. The van der Waals surface area contributed by atoms with E-state index in [1.807, 2.05) is 26.1 Å². The van der Waals surface area contributed by atoms with Crippen LogP contribution in [0.25, 0.3) is 0 Å². The molecule has 28 heavy (non-hydrogen) atoms. The fraction of sp³-hybridized carbons (Fsp3) is 0.316. The van der Waals surface area contributed by atoms with Crippen molar-refractivity contribution in [2.75, 3.05) is 33.1 Å². The van der Waals surface area contributed by atoms with E-state index in [-0.39, 0.29) is 28.8 Å². The van der Waals surface area contributed by atoms with Crippen molar-refractivity contribution in [3.63, 3.8) is 0 Å². The number of quaternary nitrogens is 1. The average Bonchev–Trinajstić information content (AvgIpc) is 2.64. The Balaban J connectivity index is 2.07. The molecule has 0 radical (unpaired) electrons. The van der Waals surface area contributed by atoms with Gasteiger partial charge >= 0.3 is 0 Å². The zero-order valence-corrected chi connectivity index (χ0v) is 16.9. The van der Waals surface area contributed by atoms with Crippen LogP contribution in [-0.4, -0.2) is 38.6 Å². The molecule has 0 aliphatic rings. The molecule has 2 aromatic carbocycles. The number of nitro benzene ring substituents is 1. The maximum Gasteiger partial charge on any atom is 0.294 e. The number of nitrogens with one attached hydrogen (secondary N) is 2. The van der Waals surface area contributed by atoms with Gasteiger partial charge in [0.1, 0.15) is 12.2 Å². The molecular formula is C19H23ClN3O5+. The van der Waals surface area contributed by atoms with Crippen LogP contribution in [0.5, 0.6) is 11.5 Å². The number of carbonyl (C=O) groups excluding carboxylic acids is 1. The molecule has 0 saturated heterocycles. The van der Waals surface area contributed by atoms with Gasteiger partial charge in [0.15, 0.2) is 18.0 Å². The van der Waals surface area contributed by atoms with Crippen LogP contribution in [0.3, 0.4) is 0 Å². The van der Waals surface area contributed by atoms with Gasteiger partial charge in [0, 0.05) is 16.7 Å². The number of amides is 1. The Morgan fingerprint density at radius 1 is 1.21 bits per heavy atom. The van der Waals surface area contributed by atoms with Crippen molar-refractivity contribution >= 4 is 28.9 Å². The lowest BCUT2D eigenvalue weighted by molar-refractivity contribution is -0.885. The van der Waals surface area contributed by atoms with Crippen LogP contribution in [0.15, 0.2) is 30.3 Å². The standard InChI is InChI=1S/C19H22ClN3O5/c1-12-7-17(27-3)18(28-4)8-13(12)10-22(2)11-19(24)21-15-6-5-14(20)9-16(15)23(25)26/h5-9H,10-11H2,1-4H3,(H,21,24)/p+1. The molecule has 1 unspecified atom stereocenters. The molecule has 0 spiro atoms. The van der Waals surface area contributed by atoms with E-state index in [9.17, 15) is 14.9 Å². The van der Waals surface area contributed by atoms with Crippen molar-refractivity contribution in [2.45, 2.75) is 13.5 Å². The highest BCUT2D eigenvalue weighted by atomic mass is 35.5. The molecule has 1 atom stereocenters. The van der Waals surface area contributed by atoms with E-state index in [1.165, 1.54) is 18.2 Å². The Bertz CT molecular complexity index is 888. The quantitative estimate of drug-likeness (QED) is 0.516. The van der Waals surface area contributed by atoms with Crippen molar-refractivity contribution in [1.82, 2.24) is 0 Å². The van der Waals surface area contributed by atoms with E-state index in [0.717, 1.165) is 16.0 Å². The molecule has 150 valence electrons. The van der Waals surface area contributed by atoms with E-state index in [0.29, 0.717) is 18.0 Å². The summed E-state index contributed by atoms with van der Waals surface area (Å²) in [4.78, 5) is 23.8. The second-order valence-corrected chi connectivity index (χ2v) is 6.85. The normalized spacial score (nSPS) is 11.6. The average molecular weight is 409 g/mol. The molecule has 0 aliphatic heterocycles. The maximum absolute atomic E-state index is 12.3. The highest BCUT2D eigenvalue weighted by molar-refractivity contribution is 6.31. The number of aryl methyl sites for hydroxylation is 1. The zero-order valence-electron chi connectivity index (χ0n) is 16.2. The summed E-state index contributed by atoms with van der Waals surface area (Å²) in [6, 6.07) is 7.90. The number of nitro groups is 1. The number of hydrogen-bond donors (Lipinski definition) is 2. The molecule has 2 N–H and O–H groups in total. The number of likely N-dealkylation sites (N-methyl/N-ethyl adjacent to an activating group) is 1. The van der Waals surface area contributed by atoms with E-state index in [4.69, 9.17) is 21.1 Å². The van der Waals surface area contributed by atoms with E-state index in [2.05, 4.69) is 5.32 Å². The Morgan fingerprint density at radius 3 is 2.46 bits per heavy atom. The smallest absolute Gasteiger partial charge is 0.294 e. The second kappa shape index (κ2) is 9.38. The van der Waals surface area contributed by atoms with Crippen LogP contribution < -0.4 is 19.7 Å². The summed E-state index contributed by atoms with van der Waals surface area (Å²) in [6.45, 7) is 2.66. The zero-order chi connectivity index (χ0) is 20.8. The van der Waals surface area contributed by atoms with Gasteiger partial charge in [-0.05, 0) is 36.8 Å². The summed E-state index contributed by atoms with van der Waals surface area (Å²) in [5, 5.41) is 14.0. The van der Waals surface area contributed by atoms with Crippen LogP contribution in [0.2, 0.25) is 5.02 Å². The van der Waals surface area contributed by atoms with Gasteiger partial charge in [-0.25, -0.2) is 0 Å². The molecule has 8 nitrogen and oxygen atoms in total. The van der Waals surface area contributed by atoms with E-state index in [1.54, 1.807) is 14.2 Å². The largest absolute Gasteiger partial charge is 0.493 e. The molecule has 9 heteroatoms. The van der Waals surface area contributed by atoms with Gasteiger partial charge in [0.25, 0.3) is 11.6 Å². The fourth-order valence-corrected chi connectivity index (χ4v) is 3.00. The lowest BCUT2D eigenvalue weighted by Crippen LogP contribution is -3.08. The molecule has 2 rings (SSSR count). The van der Waals surface area contributed by atoms with Gasteiger partial charge in [0.2, 0.25) is 0 Å². The van der Waals surface area contributed by atoms with Crippen LogP contribution in [0.4, 0.5) is 11.4 Å². The van der Waals surface area contributed by atoms with E-state index >= 15 is 0 Å². The minimum atomic E-state index is -0.578. The third-order valence-corrected chi connectivity index (χ3v) is 4.46. The summed E-state index contributed by atoms with van der Waals surface area (Å²) in [5.41, 5.74) is 1.91. The molecule has 0 heterocycles. The molecule has 0 aliphatic carbocycles. The number of rotatable bonds is 8. The Kier molecular flexibility index (Phi) is 7.19. The number of benzene rings is 2. The monoisotopic (exact) mass is 408 g/mol. The van der Waals surface area contributed by atoms with Crippen molar-refractivity contribution in [3.05, 3.63) is 56.6 Å². The predicted octanol–water partition coefficient (Wildman–Crippen LogP) is 2.23. The predicted molar refractivity (Wildman–Crippen MR) is 106 cm³/mol. The third-order valence-electron chi connectivity index (χ3n) is 4.23. The van der Waals surface area contributed by atoms with Crippen LogP contribution >= 0.6 is 11.6 Å². The van der Waals surface area contributed by atoms with E-state index < -0.39 is 4.92 Å². The van der Waals surface area contributed by atoms with Gasteiger partial charge in [-0.3, -0.25) is 14.9 Å². The van der Waals surface area contributed by atoms with Gasteiger partial charge in [-0.1, -0.05) is 11.6 Å².